The fourth-order valence-electron chi connectivity index (χ4n) is 3.27. The minimum absolute atomic E-state index is 0.0918. The number of carbonyl (C=O) groups is 1. The molecule has 142 valence electrons. The van der Waals surface area contributed by atoms with E-state index in [-0.39, 0.29) is 28.8 Å². The van der Waals surface area contributed by atoms with E-state index < -0.39 is 28.1 Å². The van der Waals surface area contributed by atoms with Gasteiger partial charge in [0.2, 0.25) is 0 Å². The monoisotopic (exact) mass is 393 g/mol. The molecule has 0 bridgehead atoms. The molecule has 1 fully saturated rings. The lowest BCUT2D eigenvalue weighted by molar-refractivity contribution is 0.0937. The Kier molecular flexibility index (Phi) is 4.37. The van der Waals surface area contributed by atoms with Gasteiger partial charge in [0.25, 0.3) is 5.91 Å². The molecule has 1 unspecified atom stereocenters. The fraction of sp³-hybridized carbons (Fsp3) is 0.222. The number of amides is 1. The van der Waals surface area contributed by atoms with Crippen molar-refractivity contribution in [2.75, 3.05) is 11.5 Å². The molecule has 2 aromatic carbocycles. The van der Waals surface area contributed by atoms with Crippen LogP contribution < -0.4 is 5.32 Å². The summed E-state index contributed by atoms with van der Waals surface area (Å²) >= 11 is 0. The zero-order valence-corrected chi connectivity index (χ0v) is 14.9. The quantitative estimate of drug-likeness (QED) is 0.545. The zero-order chi connectivity index (χ0) is 19.2. The lowest BCUT2D eigenvalue weighted by Gasteiger charge is -2.25. The summed E-state index contributed by atoms with van der Waals surface area (Å²) in [4.78, 5) is 12.6. The topological polar surface area (TPSA) is 98.2 Å². The Morgan fingerprint density at radius 3 is 2.81 bits per heavy atom. The fourth-order valence-corrected chi connectivity index (χ4v) is 4.99. The summed E-state index contributed by atoms with van der Waals surface area (Å²) in [6, 6.07) is 8.42. The third kappa shape index (κ3) is 3.41. The van der Waals surface area contributed by atoms with Crippen LogP contribution in [-0.2, 0) is 0 Å². The van der Waals surface area contributed by atoms with Crippen molar-refractivity contribution in [2.45, 2.75) is 12.5 Å². The second kappa shape index (κ2) is 6.59. The Balaban J connectivity index is 1.66. The zero-order valence-electron chi connectivity index (χ0n) is 14.1. The number of halogens is 2. The van der Waals surface area contributed by atoms with Gasteiger partial charge in [0.05, 0.1) is 11.3 Å². The number of aromatic amines is 1. The smallest absolute Gasteiger partial charge is 0.272 e. The second-order valence-electron chi connectivity index (χ2n) is 6.57. The molecule has 4 N–H and O–H groups in total. The minimum Gasteiger partial charge on any atom is -0.346 e. The number of rotatable bonds is 3. The van der Waals surface area contributed by atoms with Gasteiger partial charge in [0.1, 0.15) is 0 Å². The maximum absolute atomic E-state index is 14.1. The predicted molar refractivity (Wildman–Crippen MR) is 99.9 cm³/mol. The molecule has 1 saturated heterocycles. The molecule has 0 saturated carbocycles. The first kappa shape index (κ1) is 17.9. The Labute approximate surface area is 154 Å². The van der Waals surface area contributed by atoms with Crippen molar-refractivity contribution >= 4 is 27.4 Å². The molecule has 4 rings (SSSR count). The van der Waals surface area contributed by atoms with Crippen molar-refractivity contribution in [1.82, 2.24) is 15.5 Å². The summed E-state index contributed by atoms with van der Waals surface area (Å²) in [6.45, 7) is 0. The third-order valence-corrected chi connectivity index (χ3v) is 6.46. The van der Waals surface area contributed by atoms with Crippen LogP contribution in [0.25, 0.3) is 22.0 Å². The number of fused-ring (bicyclic) bond motifs is 1. The van der Waals surface area contributed by atoms with E-state index in [4.69, 9.17) is 0 Å². The van der Waals surface area contributed by atoms with Crippen LogP contribution in [0.1, 0.15) is 16.9 Å². The highest BCUT2D eigenvalue weighted by atomic mass is 32.3. The first-order chi connectivity index (χ1) is 12.8. The van der Waals surface area contributed by atoms with E-state index in [1.165, 1.54) is 12.1 Å². The van der Waals surface area contributed by atoms with Crippen molar-refractivity contribution in [3.63, 3.8) is 0 Å². The summed E-state index contributed by atoms with van der Waals surface area (Å²) in [5.74, 6) is -1.97. The van der Waals surface area contributed by atoms with E-state index in [0.29, 0.717) is 22.9 Å². The molecule has 0 spiro atoms. The SMILES string of the molecule is O=C(NC1CCS(O)(O)C1)c1n[nH]c2ccc(-c3cccc(F)c3F)cc12. The van der Waals surface area contributed by atoms with E-state index in [9.17, 15) is 22.7 Å². The van der Waals surface area contributed by atoms with Crippen molar-refractivity contribution in [1.29, 1.82) is 0 Å². The van der Waals surface area contributed by atoms with Crippen LogP contribution in [0.2, 0.25) is 0 Å². The van der Waals surface area contributed by atoms with E-state index in [1.54, 1.807) is 18.2 Å². The van der Waals surface area contributed by atoms with Crippen LogP contribution in [0.5, 0.6) is 0 Å². The molecule has 1 atom stereocenters. The highest BCUT2D eigenvalue weighted by Crippen LogP contribution is 2.45. The van der Waals surface area contributed by atoms with Crippen molar-refractivity contribution < 1.29 is 22.7 Å². The van der Waals surface area contributed by atoms with Crippen LogP contribution in [0.15, 0.2) is 36.4 Å². The lowest BCUT2D eigenvalue weighted by atomic mass is 10.0. The van der Waals surface area contributed by atoms with E-state index in [1.807, 2.05) is 0 Å². The van der Waals surface area contributed by atoms with Crippen LogP contribution >= 0.6 is 10.6 Å². The molecular formula is C18H17F2N3O3S. The normalized spacial score (nSPS) is 19.9. The molecule has 0 radical (unpaired) electrons. The standard InChI is InChI=1S/C18H17F2N3O3S/c19-14-3-1-2-12(16(14)20)10-4-5-15-13(8-10)17(23-22-15)18(24)21-11-6-7-27(25,26)9-11/h1-5,8,11,25-26H,6-7,9H2,(H,21,24)(H,22,23). The van der Waals surface area contributed by atoms with Gasteiger partial charge in [0.15, 0.2) is 17.3 Å². The molecule has 1 aromatic heterocycles. The average molecular weight is 393 g/mol. The van der Waals surface area contributed by atoms with Gasteiger partial charge in [-0.3, -0.25) is 19.0 Å². The van der Waals surface area contributed by atoms with Gasteiger partial charge in [-0.1, -0.05) is 18.2 Å². The van der Waals surface area contributed by atoms with Crippen LogP contribution in [0.4, 0.5) is 8.78 Å². The maximum Gasteiger partial charge on any atom is 0.272 e. The number of benzene rings is 2. The number of hydrogen-bond acceptors (Lipinski definition) is 4. The highest BCUT2D eigenvalue weighted by molar-refractivity contribution is 8.24. The van der Waals surface area contributed by atoms with Crippen molar-refractivity contribution in [3.05, 3.63) is 53.7 Å². The van der Waals surface area contributed by atoms with Gasteiger partial charge < -0.3 is 5.32 Å². The largest absolute Gasteiger partial charge is 0.346 e. The average Bonchev–Trinajstić information content (AvgIpc) is 3.19. The van der Waals surface area contributed by atoms with Crippen LogP contribution in [0.3, 0.4) is 0 Å². The van der Waals surface area contributed by atoms with E-state index >= 15 is 0 Å². The van der Waals surface area contributed by atoms with Gasteiger partial charge in [-0.2, -0.15) is 15.7 Å². The van der Waals surface area contributed by atoms with Crippen LogP contribution in [0, 0.1) is 11.6 Å². The molecule has 1 aliphatic heterocycles. The number of aromatic nitrogens is 2. The molecule has 27 heavy (non-hydrogen) atoms. The van der Waals surface area contributed by atoms with Gasteiger partial charge in [-0.05, 0) is 30.2 Å². The molecule has 6 nitrogen and oxygen atoms in total. The number of carbonyl (C=O) groups excluding carboxylic acids is 1. The van der Waals surface area contributed by atoms with Crippen LogP contribution in [-0.4, -0.2) is 42.8 Å². The number of hydrogen-bond donors (Lipinski definition) is 4. The maximum atomic E-state index is 14.1. The first-order valence-corrected chi connectivity index (χ1v) is 10.2. The second-order valence-corrected chi connectivity index (χ2v) is 8.91. The van der Waals surface area contributed by atoms with Gasteiger partial charge in [-0.15, -0.1) is 0 Å². The van der Waals surface area contributed by atoms with Gasteiger partial charge >= 0.3 is 0 Å². The predicted octanol–water partition coefficient (Wildman–Crippen LogP) is 3.76. The Hall–Kier alpha value is -2.49. The number of nitrogens with one attached hydrogen (secondary N) is 2. The molecule has 9 heteroatoms. The molecule has 0 aliphatic carbocycles. The Morgan fingerprint density at radius 1 is 1.26 bits per heavy atom. The third-order valence-electron chi connectivity index (χ3n) is 4.64. The lowest BCUT2D eigenvalue weighted by Crippen LogP contribution is -2.35. The number of nitrogens with zero attached hydrogens (tertiary/aromatic N) is 1. The highest BCUT2D eigenvalue weighted by Gasteiger charge is 2.30. The van der Waals surface area contributed by atoms with Gasteiger partial charge in [-0.25, -0.2) is 8.78 Å². The summed E-state index contributed by atoms with van der Waals surface area (Å²) in [5.41, 5.74) is 1.21. The van der Waals surface area contributed by atoms with Crippen molar-refractivity contribution in [3.8, 4) is 11.1 Å². The first-order valence-electron chi connectivity index (χ1n) is 8.31. The minimum atomic E-state index is -2.62. The molecular weight excluding hydrogens is 376 g/mol. The Morgan fingerprint density at radius 2 is 2.07 bits per heavy atom. The summed E-state index contributed by atoms with van der Waals surface area (Å²) in [7, 11) is -2.62. The summed E-state index contributed by atoms with van der Waals surface area (Å²) in [5, 5.41) is 9.99. The van der Waals surface area contributed by atoms with Gasteiger partial charge in [0, 0.05) is 22.7 Å². The summed E-state index contributed by atoms with van der Waals surface area (Å²) in [6.07, 6.45) is 0.482. The molecule has 3 aromatic rings. The van der Waals surface area contributed by atoms with E-state index in [2.05, 4.69) is 15.5 Å². The van der Waals surface area contributed by atoms with E-state index in [0.717, 1.165) is 6.07 Å². The summed E-state index contributed by atoms with van der Waals surface area (Å²) < 4.78 is 47.0. The molecule has 2 heterocycles. The van der Waals surface area contributed by atoms with Crippen molar-refractivity contribution in [2.24, 2.45) is 0 Å². The molecule has 1 amide bonds. The number of H-pyrrole nitrogens is 1. The molecule has 1 aliphatic rings. The Bertz CT molecular complexity index is 1040.